The van der Waals surface area contributed by atoms with E-state index < -0.39 is 133 Å². The van der Waals surface area contributed by atoms with Crippen molar-refractivity contribution in [3.63, 3.8) is 0 Å². The SMILES string of the molecule is CC(=O)OC[C@H]1O[C@@H](n2cc(CNC(=O)[C@]34CCC(C)(C)C[C@H]3C3=CC[C@@H]5[C@@]6(C)CC[C@H](O)C(C)(C)[C@@H]6CC[C@@]5(C)[C@]3(C)C[C@H]4O)nn2)[C@H](OC(C)=O)[C@@H](OC(C)=O)[C@@H]1O[C@@H]1O[C@H](COC(C)=O)[C@@H](OC(C)=O)[C@H](OC(C)=O)[C@H]1OC(C)=O. The van der Waals surface area contributed by atoms with Crippen molar-refractivity contribution < 1.29 is 95.9 Å². The molecule has 6 fully saturated rings. The van der Waals surface area contributed by atoms with E-state index in [2.05, 4.69) is 70.2 Å². The summed E-state index contributed by atoms with van der Waals surface area (Å²) in [5.74, 6) is -6.02. The van der Waals surface area contributed by atoms with Gasteiger partial charge in [-0.25, -0.2) is 4.68 Å². The zero-order valence-electron chi connectivity index (χ0n) is 50.4. The first-order valence-electron chi connectivity index (χ1n) is 29.0. The molecule has 5 aliphatic carbocycles. The van der Waals surface area contributed by atoms with Crippen LogP contribution in [0, 0.1) is 50.2 Å². The van der Waals surface area contributed by atoms with Gasteiger partial charge in [-0.2, -0.15) is 0 Å². The van der Waals surface area contributed by atoms with E-state index in [9.17, 15) is 43.8 Å². The number of carbonyl (C=O) groups is 8. The molecule has 1 aromatic rings. The number of rotatable bonds is 15. The normalized spacial score (nSPS) is 39.5. The highest BCUT2D eigenvalue weighted by Gasteiger charge is 2.71. The first-order chi connectivity index (χ1) is 38.7. The van der Waals surface area contributed by atoms with Crippen LogP contribution in [0.15, 0.2) is 17.8 Å². The average molecular weight is 1170 g/mol. The van der Waals surface area contributed by atoms with Crippen LogP contribution in [-0.2, 0) is 92.3 Å². The third kappa shape index (κ3) is 12.1. The molecule has 462 valence electrons. The third-order valence-electron chi connectivity index (χ3n) is 20.2. The van der Waals surface area contributed by atoms with Crippen molar-refractivity contribution in [3.8, 4) is 0 Å². The fourth-order valence-corrected chi connectivity index (χ4v) is 16.3. The molecule has 7 aliphatic rings. The molecule has 0 spiro atoms. The van der Waals surface area contributed by atoms with Crippen LogP contribution in [0.4, 0.5) is 0 Å². The van der Waals surface area contributed by atoms with E-state index in [1.54, 1.807) is 0 Å². The van der Waals surface area contributed by atoms with Gasteiger partial charge in [0.1, 0.15) is 37.2 Å². The molecule has 1 amide bonds. The minimum absolute atomic E-state index is 0.0173. The van der Waals surface area contributed by atoms with Gasteiger partial charge < -0.3 is 62.9 Å². The third-order valence-corrected chi connectivity index (χ3v) is 20.2. The van der Waals surface area contributed by atoms with Crippen LogP contribution < -0.4 is 5.32 Å². The van der Waals surface area contributed by atoms with E-state index in [4.69, 9.17) is 47.4 Å². The highest BCUT2D eigenvalue weighted by Crippen LogP contribution is 2.76. The van der Waals surface area contributed by atoms with Crippen molar-refractivity contribution in [2.24, 2.45) is 50.2 Å². The Bertz CT molecular complexity index is 2710. The van der Waals surface area contributed by atoms with E-state index >= 15 is 4.79 Å². The smallest absolute Gasteiger partial charge is 0.303 e. The number of ether oxygens (including phenoxy) is 10. The number of allylic oxidation sites excluding steroid dienone is 2. The first-order valence-corrected chi connectivity index (χ1v) is 29.0. The Morgan fingerprint density at radius 1 is 0.627 bits per heavy atom. The van der Waals surface area contributed by atoms with E-state index in [1.807, 2.05) is 0 Å². The molecule has 4 saturated carbocycles. The quantitative estimate of drug-likeness (QED) is 0.120. The van der Waals surface area contributed by atoms with Gasteiger partial charge in [-0.15, -0.1) is 5.10 Å². The number of hydrogen-bond donors (Lipinski definition) is 3. The summed E-state index contributed by atoms with van der Waals surface area (Å²) in [7, 11) is 0. The van der Waals surface area contributed by atoms with Gasteiger partial charge in [-0.1, -0.05) is 65.3 Å². The molecule has 1 aromatic heterocycles. The number of nitrogens with zero attached hydrogens (tertiary/aromatic N) is 3. The monoisotopic (exact) mass is 1170 g/mol. The molecule has 2 saturated heterocycles. The zero-order chi connectivity index (χ0) is 61.1. The van der Waals surface area contributed by atoms with Crippen LogP contribution in [0.5, 0.6) is 0 Å². The molecular formula is C59H86N4O20. The fraction of sp³-hybridized carbons (Fsp3) is 0.797. The van der Waals surface area contributed by atoms with E-state index in [0.717, 1.165) is 80.6 Å². The van der Waals surface area contributed by atoms with E-state index in [-0.39, 0.29) is 51.8 Å². The maximum absolute atomic E-state index is 15.3. The highest BCUT2D eigenvalue weighted by atomic mass is 16.8. The summed E-state index contributed by atoms with van der Waals surface area (Å²) in [5.41, 5.74) is -0.652. The molecule has 0 bridgehead atoms. The number of aromatic nitrogens is 3. The van der Waals surface area contributed by atoms with Crippen LogP contribution in [0.2, 0.25) is 0 Å². The van der Waals surface area contributed by atoms with Gasteiger partial charge >= 0.3 is 41.8 Å². The summed E-state index contributed by atoms with van der Waals surface area (Å²) in [6.07, 6.45) is -7.17. The van der Waals surface area contributed by atoms with Gasteiger partial charge in [0.15, 0.2) is 43.0 Å². The number of aliphatic hydroxyl groups excluding tert-OH is 2. The van der Waals surface area contributed by atoms with Gasteiger partial charge in [0.05, 0.1) is 30.4 Å². The van der Waals surface area contributed by atoms with Gasteiger partial charge in [0.25, 0.3) is 0 Å². The van der Waals surface area contributed by atoms with E-state index in [0.29, 0.717) is 37.5 Å². The Morgan fingerprint density at radius 2 is 1.18 bits per heavy atom. The van der Waals surface area contributed by atoms with Gasteiger partial charge in [0, 0.05) is 48.5 Å². The number of amides is 1. The van der Waals surface area contributed by atoms with Crippen LogP contribution in [0.3, 0.4) is 0 Å². The first kappa shape index (κ1) is 63.5. The molecule has 8 rings (SSSR count). The maximum Gasteiger partial charge on any atom is 0.303 e. The highest BCUT2D eigenvalue weighted by molar-refractivity contribution is 5.85. The molecule has 3 heterocycles. The molecule has 0 aromatic carbocycles. The minimum atomic E-state index is -1.87. The standard InChI is InChI=1S/C59H86N4O20/c1-29(64)74-27-39-46(83-52-50(80-35(7)70)48(78-33(5)68)45(76-31(3)66)40(82-52)28-75-30(2)65)47(77-32(4)67)49(79-34(6)69)51(81-39)63-26-36(61-62-63)25-60-53(73)59-22-21-54(8,9)23-38(59)37-15-16-42-56(12)19-18-43(71)55(10,11)41(56)17-20-57(42,13)58(37,14)24-44(59)72/h15,26,38-52,71-72H,16-25,27-28H2,1-14H3,(H,60,73)/t38-,39+,40+,41-,42+,43-,44+,45+,46+,47-,48-,49+,50+,51+,52-,56-,57+,58+,59+/m0/s1. The van der Waals surface area contributed by atoms with Gasteiger partial charge in [-0.05, 0) is 103 Å². The lowest BCUT2D eigenvalue weighted by Gasteiger charge is -2.71. The summed E-state index contributed by atoms with van der Waals surface area (Å²) in [4.78, 5) is 104. The van der Waals surface area contributed by atoms with Gasteiger partial charge in [-0.3, -0.25) is 38.4 Å². The molecule has 0 unspecified atom stereocenters. The Labute approximate surface area is 484 Å². The second-order valence-corrected chi connectivity index (χ2v) is 26.4. The number of hydrogen-bond acceptors (Lipinski definition) is 22. The fourth-order valence-electron chi connectivity index (χ4n) is 16.3. The second kappa shape index (κ2) is 23.7. The molecular weight excluding hydrogens is 1080 g/mol. The predicted molar refractivity (Wildman–Crippen MR) is 287 cm³/mol. The second-order valence-electron chi connectivity index (χ2n) is 26.4. The Hall–Kier alpha value is -5.56. The molecule has 83 heavy (non-hydrogen) atoms. The summed E-state index contributed by atoms with van der Waals surface area (Å²) in [5, 5.41) is 35.9. The van der Waals surface area contributed by atoms with Crippen molar-refractivity contribution >= 4 is 47.7 Å². The predicted octanol–water partition coefficient (Wildman–Crippen LogP) is 4.82. The minimum Gasteiger partial charge on any atom is -0.463 e. The van der Waals surface area contributed by atoms with Crippen molar-refractivity contribution in [2.45, 2.75) is 235 Å². The number of carbonyl (C=O) groups excluding carboxylic acids is 8. The Kier molecular flexibility index (Phi) is 18.1. The lowest BCUT2D eigenvalue weighted by atomic mass is 9.33. The summed E-state index contributed by atoms with van der Waals surface area (Å²) < 4.78 is 59.6. The number of aliphatic hydroxyl groups is 2. The molecule has 19 atom stereocenters. The molecule has 24 heteroatoms. The van der Waals surface area contributed by atoms with Crippen LogP contribution >= 0.6 is 0 Å². The average Bonchev–Trinajstić information content (AvgIpc) is 1.02. The Balaban J connectivity index is 1.09. The number of nitrogens with one attached hydrogen (secondary N) is 1. The number of fused-ring (bicyclic) bond motifs is 7. The summed E-state index contributed by atoms with van der Waals surface area (Å²) in [6, 6.07) is 0. The topological polar surface area (TPSA) is 312 Å². The number of esters is 7. The lowest BCUT2D eigenvalue weighted by Crippen LogP contribution is -2.68. The van der Waals surface area contributed by atoms with Crippen LogP contribution in [-0.4, -0.2) is 153 Å². The van der Waals surface area contributed by atoms with E-state index in [1.165, 1.54) is 16.5 Å². The van der Waals surface area contributed by atoms with Crippen molar-refractivity contribution in [1.29, 1.82) is 0 Å². The Morgan fingerprint density at radius 3 is 1.77 bits per heavy atom. The largest absolute Gasteiger partial charge is 0.463 e. The molecule has 0 radical (unpaired) electrons. The molecule has 3 N–H and O–H groups in total. The van der Waals surface area contributed by atoms with Crippen molar-refractivity contribution in [3.05, 3.63) is 23.5 Å². The van der Waals surface area contributed by atoms with Crippen molar-refractivity contribution in [2.75, 3.05) is 13.2 Å². The molecule has 2 aliphatic heterocycles. The van der Waals surface area contributed by atoms with Crippen molar-refractivity contribution in [1.82, 2.24) is 20.3 Å². The van der Waals surface area contributed by atoms with Crippen LogP contribution in [0.1, 0.15) is 167 Å². The maximum atomic E-state index is 15.3. The summed E-state index contributed by atoms with van der Waals surface area (Å²) >= 11 is 0. The lowest BCUT2D eigenvalue weighted by molar-refractivity contribution is -0.349. The zero-order valence-corrected chi connectivity index (χ0v) is 50.4. The van der Waals surface area contributed by atoms with Crippen LogP contribution in [0.25, 0.3) is 0 Å². The molecule has 24 nitrogen and oxygen atoms in total. The van der Waals surface area contributed by atoms with Gasteiger partial charge in [0.2, 0.25) is 5.91 Å². The summed E-state index contributed by atoms with van der Waals surface area (Å²) in [6.45, 7) is 22.2.